The third-order valence-corrected chi connectivity index (χ3v) is 5.10. The van der Waals surface area contributed by atoms with Gasteiger partial charge in [-0.2, -0.15) is 9.61 Å². The van der Waals surface area contributed by atoms with Crippen molar-refractivity contribution in [2.24, 2.45) is 0 Å². The Labute approximate surface area is 171 Å². The van der Waals surface area contributed by atoms with Gasteiger partial charge in [0.2, 0.25) is 5.91 Å². The van der Waals surface area contributed by atoms with Gasteiger partial charge in [-0.3, -0.25) is 4.79 Å². The van der Waals surface area contributed by atoms with Gasteiger partial charge >= 0.3 is 0 Å². The molecule has 0 aliphatic carbocycles. The Hall–Kier alpha value is -3.26. The van der Waals surface area contributed by atoms with Crippen molar-refractivity contribution in [1.82, 2.24) is 19.8 Å². The highest BCUT2D eigenvalue weighted by atomic mass is 32.2. The van der Waals surface area contributed by atoms with Crippen LogP contribution in [0.2, 0.25) is 0 Å². The lowest BCUT2D eigenvalue weighted by molar-refractivity contribution is -0.113. The molecule has 0 unspecified atom stereocenters. The van der Waals surface area contributed by atoms with Gasteiger partial charge in [-0.1, -0.05) is 30.0 Å². The van der Waals surface area contributed by atoms with Crippen LogP contribution in [-0.4, -0.2) is 31.5 Å². The van der Waals surface area contributed by atoms with E-state index in [9.17, 15) is 9.18 Å². The molecule has 0 aliphatic heterocycles. The Morgan fingerprint density at radius 1 is 1.07 bits per heavy atom. The SMILES string of the molecule is Cc1cc(C)cc(NC(=O)CSc2ccc3nnc(-c4cccc(F)c4)n3n2)c1. The second kappa shape index (κ2) is 8.00. The van der Waals surface area contributed by atoms with Crippen LogP contribution in [0, 0.1) is 19.7 Å². The molecule has 2 aromatic carbocycles. The molecule has 0 bridgehead atoms. The van der Waals surface area contributed by atoms with E-state index in [2.05, 4.69) is 26.7 Å². The molecule has 0 saturated heterocycles. The van der Waals surface area contributed by atoms with Gasteiger partial charge in [0.05, 0.1) is 5.75 Å². The first-order valence-electron chi connectivity index (χ1n) is 8.97. The molecule has 146 valence electrons. The molecule has 2 heterocycles. The molecule has 0 fully saturated rings. The second-order valence-corrected chi connectivity index (χ2v) is 7.68. The number of carbonyl (C=O) groups is 1. The van der Waals surface area contributed by atoms with Crippen molar-refractivity contribution in [1.29, 1.82) is 0 Å². The van der Waals surface area contributed by atoms with Crippen molar-refractivity contribution in [3.05, 3.63) is 71.5 Å². The Morgan fingerprint density at radius 2 is 1.86 bits per heavy atom. The van der Waals surface area contributed by atoms with Crippen LogP contribution < -0.4 is 5.32 Å². The molecule has 0 spiro atoms. The van der Waals surface area contributed by atoms with Crippen molar-refractivity contribution in [3.63, 3.8) is 0 Å². The van der Waals surface area contributed by atoms with E-state index in [-0.39, 0.29) is 17.5 Å². The molecule has 4 rings (SSSR count). The Morgan fingerprint density at radius 3 is 2.62 bits per heavy atom. The summed E-state index contributed by atoms with van der Waals surface area (Å²) in [5, 5.41) is 16.2. The number of hydrogen-bond acceptors (Lipinski definition) is 5. The molecule has 6 nitrogen and oxygen atoms in total. The number of aryl methyl sites for hydroxylation is 2. The number of benzene rings is 2. The van der Waals surface area contributed by atoms with Crippen LogP contribution in [0.15, 0.2) is 59.6 Å². The number of thioether (sulfide) groups is 1. The lowest BCUT2D eigenvalue weighted by Gasteiger charge is -2.07. The summed E-state index contributed by atoms with van der Waals surface area (Å²) in [6.07, 6.45) is 0. The van der Waals surface area contributed by atoms with Gasteiger partial charge in [0.1, 0.15) is 10.8 Å². The van der Waals surface area contributed by atoms with E-state index in [0.29, 0.717) is 22.1 Å². The fourth-order valence-corrected chi connectivity index (χ4v) is 3.69. The number of anilines is 1. The standard InChI is InChI=1S/C21H18FN5OS/c1-13-8-14(2)10-17(9-13)23-19(28)12-29-20-7-6-18-24-25-21(27(18)26-20)15-4-3-5-16(22)11-15/h3-11H,12H2,1-2H3,(H,23,28). The van der Waals surface area contributed by atoms with Crippen LogP contribution in [-0.2, 0) is 4.79 Å². The Bertz CT molecular complexity index is 1190. The predicted octanol–water partition coefficient (Wildman–Crippen LogP) is 4.28. The maximum atomic E-state index is 13.6. The van der Waals surface area contributed by atoms with Gasteiger partial charge in [0.25, 0.3) is 0 Å². The summed E-state index contributed by atoms with van der Waals surface area (Å²) in [5.74, 6) is 0.189. The van der Waals surface area contributed by atoms with Crippen molar-refractivity contribution >= 4 is 29.0 Å². The molecule has 1 amide bonds. The topological polar surface area (TPSA) is 72.2 Å². The minimum Gasteiger partial charge on any atom is -0.325 e. The molecular weight excluding hydrogens is 389 g/mol. The fraction of sp³-hybridized carbons (Fsp3) is 0.143. The van der Waals surface area contributed by atoms with Gasteiger partial charge in [0.15, 0.2) is 11.5 Å². The number of carbonyl (C=O) groups excluding carboxylic acids is 1. The first kappa shape index (κ1) is 19.1. The molecule has 1 N–H and O–H groups in total. The van der Waals surface area contributed by atoms with E-state index in [4.69, 9.17) is 0 Å². The molecule has 0 saturated carbocycles. The van der Waals surface area contributed by atoms with E-state index in [1.807, 2.05) is 26.0 Å². The first-order valence-corrected chi connectivity index (χ1v) is 9.96. The molecule has 0 atom stereocenters. The monoisotopic (exact) mass is 407 g/mol. The predicted molar refractivity (Wildman–Crippen MR) is 111 cm³/mol. The van der Waals surface area contributed by atoms with Gasteiger partial charge in [-0.05, 0) is 61.4 Å². The Balaban J connectivity index is 1.49. The summed E-state index contributed by atoms with van der Waals surface area (Å²) in [6.45, 7) is 3.98. The average Bonchev–Trinajstić information content (AvgIpc) is 3.09. The van der Waals surface area contributed by atoms with Gasteiger partial charge < -0.3 is 5.32 Å². The van der Waals surface area contributed by atoms with Gasteiger partial charge in [0, 0.05) is 11.3 Å². The minimum absolute atomic E-state index is 0.115. The summed E-state index contributed by atoms with van der Waals surface area (Å²) in [6, 6.07) is 15.6. The Kier molecular flexibility index (Phi) is 5.26. The number of nitrogens with zero attached hydrogens (tertiary/aromatic N) is 4. The minimum atomic E-state index is -0.354. The first-order chi connectivity index (χ1) is 14.0. The summed E-state index contributed by atoms with van der Waals surface area (Å²) < 4.78 is 15.1. The van der Waals surface area contributed by atoms with E-state index in [0.717, 1.165) is 16.8 Å². The van der Waals surface area contributed by atoms with Crippen LogP contribution in [0.5, 0.6) is 0 Å². The fourth-order valence-electron chi connectivity index (χ4n) is 3.04. The summed E-state index contributed by atoms with van der Waals surface area (Å²) >= 11 is 1.31. The van der Waals surface area contributed by atoms with E-state index >= 15 is 0 Å². The maximum Gasteiger partial charge on any atom is 0.234 e. The molecule has 8 heteroatoms. The molecule has 0 aliphatic rings. The number of rotatable bonds is 5. The second-order valence-electron chi connectivity index (χ2n) is 6.69. The summed E-state index contributed by atoms with van der Waals surface area (Å²) in [7, 11) is 0. The third kappa shape index (κ3) is 4.43. The highest BCUT2D eigenvalue weighted by Crippen LogP contribution is 2.22. The number of aromatic nitrogens is 4. The summed E-state index contributed by atoms with van der Waals surface area (Å²) in [5.41, 5.74) is 4.10. The zero-order valence-corrected chi connectivity index (χ0v) is 16.7. The van der Waals surface area contributed by atoms with Crippen LogP contribution >= 0.6 is 11.8 Å². The number of fused-ring (bicyclic) bond motifs is 1. The molecule has 4 aromatic rings. The zero-order valence-electron chi connectivity index (χ0n) is 15.9. The normalized spacial score (nSPS) is 11.0. The highest BCUT2D eigenvalue weighted by Gasteiger charge is 2.12. The van der Waals surface area contributed by atoms with Crippen LogP contribution in [0.3, 0.4) is 0 Å². The van der Waals surface area contributed by atoms with Crippen LogP contribution in [0.25, 0.3) is 17.0 Å². The molecule has 29 heavy (non-hydrogen) atoms. The lowest BCUT2D eigenvalue weighted by Crippen LogP contribution is -2.14. The van der Waals surface area contributed by atoms with Gasteiger partial charge in [-0.15, -0.1) is 10.2 Å². The smallest absolute Gasteiger partial charge is 0.234 e. The van der Waals surface area contributed by atoms with Crippen molar-refractivity contribution in [2.45, 2.75) is 18.9 Å². The largest absolute Gasteiger partial charge is 0.325 e. The van der Waals surface area contributed by atoms with Crippen LogP contribution in [0.1, 0.15) is 11.1 Å². The summed E-state index contributed by atoms with van der Waals surface area (Å²) in [4.78, 5) is 12.3. The zero-order chi connectivity index (χ0) is 20.4. The highest BCUT2D eigenvalue weighted by molar-refractivity contribution is 7.99. The van der Waals surface area contributed by atoms with Crippen molar-refractivity contribution < 1.29 is 9.18 Å². The van der Waals surface area contributed by atoms with Crippen molar-refractivity contribution in [2.75, 3.05) is 11.1 Å². The molecule has 2 aromatic heterocycles. The lowest BCUT2D eigenvalue weighted by atomic mass is 10.1. The number of amides is 1. The number of nitrogens with one attached hydrogen (secondary N) is 1. The van der Waals surface area contributed by atoms with Crippen LogP contribution in [0.4, 0.5) is 10.1 Å². The number of halogens is 1. The van der Waals surface area contributed by atoms with E-state index in [1.54, 1.807) is 28.8 Å². The van der Waals surface area contributed by atoms with Crippen molar-refractivity contribution in [3.8, 4) is 11.4 Å². The average molecular weight is 407 g/mol. The number of hydrogen-bond donors (Lipinski definition) is 1. The van der Waals surface area contributed by atoms with E-state index in [1.165, 1.54) is 23.9 Å². The quantitative estimate of drug-likeness (QED) is 0.500. The van der Waals surface area contributed by atoms with Gasteiger partial charge in [-0.25, -0.2) is 4.39 Å². The molecular formula is C21H18FN5OS. The molecule has 0 radical (unpaired) electrons. The third-order valence-electron chi connectivity index (χ3n) is 4.18. The maximum absolute atomic E-state index is 13.6. The van der Waals surface area contributed by atoms with E-state index < -0.39 is 0 Å².